The molecule has 4 heteroatoms. The molecule has 1 atom stereocenters. The Kier molecular flexibility index (Phi) is 2.52. The molecular formula is C9H12F2O2. The van der Waals surface area contributed by atoms with Gasteiger partial charge in [0.15, 0.2) is 5.60 Å². The van der Waals surface area contributed by atoms with Gasteiger partial charge in [0.05, 0.1) is 0 Å². The molecule has 1 aliphatic rings. The highest BCUT2D eigenvalue weighted by atomic mass is 19.3. The molecule has 13 heavy (non-hydrogen) atoms. The van der Waals surface area contributed by atoms with Crippen molar-refractivity contribution in [2.24, 2.45) is 0 Å². The first kappa shape index (κ1) is 10.3. The molecular weight excluding hydrogens is 178 g/mol. The van der Waals surface area contributed by atoms with E-state index in [0.29, 0.717) is 12.8 Å². The molecule has 0 saturated heterocycles. The maximum absolute atomic E-state index is 13.2. The number of halogens is 2. The Hall–Kier alpha value is -0.770. The molecule has 74 valence electrons. The number of hydrogen-bond donors (Lipinski definition) is 1. The van der Waals surface area contributed by atoms with Gasteiger partial charge in [-0.3, -0.25) is 4.79 Å². The summed E-state index contributed by atoms with van der Waals surface area (Å²) in [7, 11) is 0. The van der Waals surface area contributed by atoms with Crippen LogP contribution in [0.1, 0.15) is 26.2 Å². The molecule has 0 radical (unpaired) electrons. The zero-order valence-electron chi connectivity index (χ0n) is 7.39. The molecule has 0 spiro atoms. The van der Waals surface area contributed by atoms with Gasteiger partial charge < -0.3 is 5.11 Å². The van der Waals surface area contributed by atoms with Crippen molar-refractivity contribution in [1.82, 2.24) is 0 Å². The number of alkyl halides is 2. The Balaban J connectivity index is 2.96. The highest BCUT2D eigenvalue weighted by Crippen LogP contribution is 2.37. The third-order valence-corrected chi connectivity index (χ3v) is 2.31. The molecule has 0 saturated carbocycles. The highest BCUT2D eigenvalue weighted by molar-refractivity contribution is 5.85. The zero-order valence-corrected chi connectivity index (χ0v) is 7.39. The van der Waals surface area contributed by atoms with Gasteiger partial charge in [0, 0.05) is 6.92 Å². The van der Waals surface area contributed by atoms with E-state index in [4.69, 9.17) is 0 Å². The van der Waals surface area contributed by atoms with Gasteiger partial charge in [-0.25, -0.2) is 0 Å². The maximum atomic E-state index is 13.2. The van der Waals surface area contributed by atoms with E-state index in [1.165, 1.54) is 6.08 Å². The van der Waals surface area contributed by atoms with Crippen LogP contribution in [0.5, 0.6) is 0 Å². The van der Waals surface area contributed by atoms with Gasteiger partial charge in [-0.15, -0.1) is 0 Å². The van der Waals surface area contributed by atoms with Crippen molar-refractivity contribution in [2.45, 2.75) is 37.7 Å². The lowest BCUT2D eigenvalue weighted by Crippen LogP contribution is -2.51. The summed E-state index contributed by atoms with van der Waals surface area (Å²) in [4.78, 5) is 10.6. The minimum absolute atomic E-state index is 0.0594. The van der Waals surface area contributed by atoms with Crippen LogP contribution < -0.4 is 0 Å². The Morgan fingerprint density at radius 3 is 2.62 bits per heavy atom. The fraction of sp³-hybridized carbons (Fsp3) is 0.667. The number of hydrogen-bond acceptors (Lipinski definition) is 2. The second-order valence-electron chi connectivity index (χ2n) is 3.35. The number of Topliss-reactive ketones (excluding diaryl/α,β-unsaturated/α-hetero) is 1. The van der Waals surface area contributed by atoms with Gasteiger partial charge in [-0.2, -0.15) is 8.78 Å². The fourth-order valence-electron chi connectivity index (χ4n) is 1.42. The molecule has 0 aromatic heterocycles. The molecule has 1 N–H and O–H groups in total. The smallest absolute Gasteiger partial charge is 0.336 e. The molecule has 0 aromatic carbocycles. The minimum Gasteiger partial charge on any atom is -0.379 e. The predicted molar refractivity (Wildman–Crippen MR) is 43.6 cm³/mol. The standard InChI is InChI=1S/C9H12F2O2/c1-7(12)9(10,11)8(13)5-3-2-4-6-8/h3,5,13H,2,4,6H2,1H3. The molecule has 0 amide bonds. The molecule has 1 rings (SSSR count). The molecule has 0 aliphatic heterocycles. The summed E-state index contributed by atoms with van der Waals surface area (Å²) < 4.78 is 26.3. The van der Waals surface area contributed by atoms with E-state index in [9.17, 15) is 18.7 Å². The van der Waals surface area contributed by atoms with Gasteiger partial charge >= 0.3 is 5.92 Å². The fourth-order valence-corrected chi connectivity index (χ4v) is 1.42. The van der Waals surface area contributed by atoms with E-state index in [2.05, 4.69) is 0 Å². The first-order chi connectivity index (χ1) is 5.90. The lowest BCUT2D eigenvalue weighted by molar-refractivity contribution is -0.177. The largest absolute Gasteiger partial charge is 0.379 e. The van der Waals surface area contributed by atoms with Crippen molar-refractivity contribution in [1.29, 1.82) is 0 Å². The third kappa shape index (κ3) is 1.63. The number of aliphatic hydroxyl groups is 1. The monoisotopic (exact) mass is 190 g/mol. The second kappa shape index (κ2) is 3.18. The van der Waals surface area contributed by atoms with E-state index in [-0.39, 0.29) is 6.42 Å². The van der Waals surface area contributed by atoms with Crippen LogP contribution in [0.25, 0.3) is 0 Å². The van der Waals surface area contributed by atoms with Crippen molar-refractivity contribution in [2.75, 3.05) is 0 Å². The average Bonchev–Trinajstić information content (AvgIpc) is 2.05. The molecule has 1 unspecified atom stereocenters. The summed E-state index contributed by atoms with van der Waals surface area (Å²) >= 11 is 0. The number of carbonyl (C=O) groups is 1. The maximum Gasteiger partial charge on any atom is 0.336 e. The normalized spacial score (nSPS) is 28.9. The number of rotatable bonds is 2. The average molecular weight is 190 g/mol. The van der Waals surface area contributed by atoms with E-state index in [1.54, 1.807) is 0 Å². The van der Waals surface area contributed by atoms with Crippen molar-refractivity contribution in [3.8, 4) is 0 Å². The minimum atomic E-state index is -3.66. The lowest BCUT2D eigenvalue weighted by atomic mass is 9.84. The number of allylic oxidation sites excluding steroid dienone is 1. The van der Waals surface area contributed by atoms with Crippen LogP contribution in [0.15, 0.2) is 12.2 Å². The molecule has 2 nitrogen and oxygen atoms in total. The number of carbonyl (C=O) groups excluding carboxylic acids is 1. The summed E-state index contributed by atoms with van der Waals surface area (Å²) in [6.07, 6.45) is 3.63. The molecule has 0 fully saturated rings. The molecule has 1 aliphatic carbocycles. The van der Waals surface area contributed by atoms with Gasteiger partial charge in [-0.05, 0) is 19.3 Å². The summed E-state index contributed by atoms with van der Waals surface area (Å²) in [6.45, 7) is 0.792. The van der Waals surface area contributed by atoms with Crippen molar-refractivity contribution < 1.29 is 18.7 Å². The van der Waals surface area contributed by atoms with Gasteiger partial charge in [-0.1, -0.05) is 12.2 Å². The van der Waals surface area contributed by atoms with Gasteiger partial charge in [0.25, 0.3) is 0 Å². The van der Waals surface area contributed by atoms with Crippen molar-refractivity contribution >= 4 is 5.78 Å². The Bertz CT molecular complexity index is 248. The predicted octanol–water partition coefficient (Wildman–Crippen LogP) is 1.68. The number of ketones is 1. The topological polar surface area (TPSA) is 37.3 Å². The van der Waals surface area contributed by atoms with E-state index < -0.39 is 17.3 Å². The van der Waals surface area contributed by atoms with Crippen LogP contribution in [-0.2, 0) is 4.79 Å². The van der Waals surface area contributed by atoms with Gasteiger partial charge in [0.1, 0.15) is 0 Å². The van der Waals surface area contributed by atoms with E-state index >= 15 is 0 Å². The first-order valence-electron chi connectivity index (χ1n) is 4.19. The second-order valence-corrected chi connectivity index (χ2v) is 3.35. The Labute approximate surface area is 75.3 Å². The van der Waals surface area contributed by atoms with E-state index in [1.807, 2.05) is 0 Å². The summed E-state index contributed by atoms with van der Waals surface area (Å²) in [5.74, 6) is -4.95. The van der Waals surface area contributed by atoms with Crippen LogP contribution in [0.3, 0.4) is 0 Å². The molecule has 0 aromatic rings. The van der Waals surface area contributed by atoms with Crippen LogP contribution in [0.4, 0.5) is 8.78 Å². The SMILES string of the molecule is CC(=O)C(F)(F)C1(O)C=CCCC1. The summed E-state index contributed by atoms with van der Waals surface area (Å²) in [5.41, 5.74) is -2.27. The zero-order chi connectivity index (χ0) is 10.1. The van der Waals surface area contributed by atoms with Crippen molar-refractivity contribution in [3.63, 3.8) is 0 Å². The highest BCUT2D eigenvalue weighted by Gasteiger charge is 2.54. The Morgan fingerprint density at radius 2 is 2.23 bits per heavy atom. The quantitative estimate of drug-likeness (QED) is 0.672. The summed E-state index contributed by atoms with van der Waals surface area (Å²) in [6, 6.07) is 0. The van der Waals surface area contributed by atoms with Crippen LogP contribution in [0, 0.1) is 0 Å². The third-order valence-electron chi connectivity index (χ3n) is 2.31. The van der Waals surface area contributed by atoms with Gasteiger partial charge in [0.2, 0.25) is 5.78 Å². The van der Waals surface area contributed by atoms with E-state index in [0.717, 1.165) is 13.0 Å². The molecule has 0 bridgehead atoms. The lowest BCUT2D eigenvalue weighted by Gasteiger charge is -2.33. The van der Waals surface area contributed by atoms with Crippen LogP contribution >= 0.6 is 0 Å². The first-order valence-corrected chi connectivity index (χ1v) is 4.19. The molecule has 0 heterocycles. The van der Waals surface area contributed by atoms with Crippen LogP contribution in [0.2, 0.25) is 0 Å². The Morgan fingerprint density at radius 1 is 1.62 bits per heavy atom. The summed E-state index contributed by atoms with van der Waals surface area (Å²) in [5, 5.41) is 9.51. The van der Waals surface area contributed by atoms with Crippen LogP contribution in [-0.4, -0.2) is 22.4 Å². The van der Waals surface area contributed by atoms with Crippen molar-refractivity contribution in [3.05, 3.63) is 12.2 Å².